The molecule has 0 bridgehead atoms. The lowest BCUT2D eigenvalue weighted by molar-refractivity contribution is -0.117. The quantitative estimate of drug-likeness (QED) is 0.750. The Bertz CT molecular complexity index is 986. The van der Waals surface area contributed by atoms with Crippen LogP contribution < -0.4 is 4.90 Å². The van der Waals surface area contributed by atoms with E-state index in [0.29, 0.717) is 51.3 Å². The van der Waals surface area contributed by atoms with E-state index in [1.807, 2.05) is 0 Å². The third kappa shape index (κ3) is 4.19. The SMILES string of the molecule is O=C1CCCN1c1ccc(S(=O)(=O)N2CCN(Cc3ccccc3F)CC2)cc1. The molecule has 2 saturated heterocycles. The van der Waals surface area contributed by atoms with Crippen molar-refractivity contribution in [2.45, 2.75) is 24.3 Å². The lowest BCUT2D eigenvalue weighted by atomic mass is 10.2. The van der Waals surface area contributed by atoms with Crippen molar-refractivity contribution >= 4 is 21.6 Å². The number of nitrogens with zero attached hydrogens (tertiary/aromatic N) is 3. The van der Waals surface area contributed by atoms with Gasteiger partial charge in [0.05, 0.1) is 4.90 Å². The summed E-state index contributed by atoms with van der Waals surface area (Å²) in [7, 11) is -3.59. The van der Waals surface area contributed by atoms with Crippen LogP contribution in [0.5, 0.6) is 0 Å². The van der Waals surface area contributed by atoms with Crippen LogP contribution in [-0.2, 0) is 21.4 Å². The number of halogens is 1. The van der Waals surface area contributed by atoms with Crippen LogP contribution in [0.15, 0.2) is 53.4 Å². The van der Waals surface area contributed by atoms with E-state index in [4.69, 9.17) is 0 Å². The highest BCUT2D eigenvalue weighted by atomic mass is 32.2. The first-order valence-electron chi connectivity index (χ1n) is 9.81. The van der Waals surface area contributed by atoms with E-state index in [1.165, 1.54) is 10.4 Å². The fraction of sp³-hybridized carbons (Fsp3) is 0.381. The van der Waals surface area contributed by atoms with Crippen molar-refractivity contribution in [1.82, 2.24) is 9.21 Å². The second kappa shape index (κ2) is 8.22. The molecule has 2 fully saturated rings. The largest absolute Gasteiger partial charge is 0.312 e. The number of carbonyl (C=O) groups is 1. The summed E-state index contributed by atoms with van der Waals surface area (Å²) >= 11 is 0. The topological polar surface area (TPSA) is 60.9 Å². The van der Waals surface area contributed by atoms with Crippen molar-refractivity contribution in [3.05, 3.63) is 59.9 Å². The van der Waals surface area contributed by atoms with E-state index in [-0.39, 0.29) is 16.6 Å². The van der Waals surface area contributed by atoms with Gasteiger partial charge in [0.25, 0.3) is 0 Å². The number of carbonyl (C=O) groups excluding carboxylic acids is 1. The second-order valence-corrected chi connectivity index (χ2v) is 9.35. The molecule has 0 atom stereocenters. The molecule has 29 heavy (non-hydrogen) atoms. The third-order valence-corrected chi connectivity index (χ3v) is 7.46. The van der Waals surface area contributed by atoms with Crippen molar-refractivity contribution in [2.24, 2.45) is 0 Å². The Kier molecular flexibility index (Phi) is 5.67. The summed E-state index contributed by atoms with van der Waals surface area (Å²) in [5, 5.41) is 0. The van der Waals surface area contributed by atoms with Crippen molar-refractivity contribution in [2.75, 3.05) is 37.6 Å². The van der Waals surface area contributed by atoms with E-state index < -0.39 is 10.0 Å². The van der Waals surface area contributed by atoms with Crippen LogP contribution in [0.3, 0.4) is 0 Å². The van der Waals surface area contributed by atoms with Crippen LogP contribution in [0.4, 0.5) is 10.1 Å². The summed E-state index contributed by atoms with van der Waals surface area (Å²) in [5.41, 5.74) is 1.36. The van der Waals surface area contributed by atoms with Gasteiger partial charge >= 0.3 is 0 Å². The maximum Gasteiger partial charge on any atom is 0.243 e. The molecule has 2 aromatic carbocycles. The molecule has 4 rings (SSSR count). The van der Waals surface area contributed by atoms with Gasteiger partial charge < -0.3 is 4.90 Å². The lowest BCUT2D eigenvalue weighted by Crippen LogP contribution is -2.48. The number of sulfonamides is 1. The van der Waals surface area contributed by atoms with E-state index in [2.05, 4.69) is 4.90 Å². The molecule has 0 radical (unpaired) electrons. The molecular formula is C21H24FN3O3S. The number of piperazine rings is 1. The highest BCUT2D eigenvalue weighted by molar-refractivity contribution is 7.89. The molecule has 2 aliphatic rings. The van der Waals surface area contributed by atoms with E-state index in [9.17, 15) is 17.6 Å². The molecule has 1 amide bonds. The zero-order chi connectivity index (χ0) is 20.4. The predicted octanol–water partition coefficient (Wildman–Crippen LogP) is 2.46. The molecule has 0 N–H and O–H groups in total. The Morgan fingerprint density at radius 2 is 1.59 bits per heavy atom. The summed E-state index contributed by atoms with van der Waals surface area (Å²) in [6.45, 7) is 2.97. The molecule has 2 aliphatic heterocycles. The van der Waals surface area contributed by atoms with Gasteiger partial charge in [-0.1, -0.05) is 18.2 Å². The Morgan fingerprint density at radius 3 is 2.21 bits per heavy atom. The highest BCUT2D eigenvalue weighted by Crippen LogP contribution is 2.25. The zero-order valence-corrected chi connectivity index (χ0v) is 16.9. The Hall–Kier alpha value is -2.29. The Morgan fingerprint density at radius 1 is 0.897 bits per heavy atom. The fourth-order valence-corrected chi connectivity index (χ4v) is 5.29. The highest BCUT2D eigenvalue weighted by Gasteiger charge is 2.29. The van der Waals surface area contributed by atoms with Gasteiger partial charge in [0.15, 0.2) is 0 Å². The van der Waals surface area contributed by atoms with Crippen LogP contribution in [0.25, 0.3) is 0 Å². The summed E-state index contributed by atoms with van der Waals surface area (Å²) < 4.78 is 41.3. The molecule has 0 aliphatic carbocycles. The van der Waals surface area contributed by atoms with Gasteiger partial charge in [-0.15, -0.1) is 0 Å². The van der Waals surface area contributed by atoms with Gasteiger partial charge in [-0.05, 0) is 36.8 Å². The number of hydrogen-bond donors (Lipinski definition) is 0. The van der Waals surface area contributed by atoms with E-state index in [0.717, 1.165) is 12.1 Å². The normalized spacial score (nSPS) is 19.1. The molecule has 0 aromatic heterocycles. The lowest BCUT2D eigenvalue weighted by Gasteiger charge is -2.34. The predicted molar refractivity (Wildman–Crippen MR) is 108 cm³/mol. The summed E-state index contributed by atoms with van der Waals surface area (Å²) in [5.74, 6) is -0.161. The van der Waals surface area contributed by atoms with Crippen molar-refractivity contribution < 1.29 is 17.6 Å². The zero-order valence-electron chi connectivity index (χ0n) is 16.1. The van der Waals surface area contributed by atoms with Gasteiger partial charge in [0, 0.05) is 56.9 Å². The number of hydrogen-bond acceptors (Lipinski definition) is 4. The molecule has 154 valence electrons. The first-order valence-corrected chi connectivity index (χ1v) is 11.3. The maximum absolute atomic E-state index is 13.8. The number of benzene rings is 2. The van der Waals surface area contributed by atoms with Gasteiger partial charge in [-0.3, -0.25) is 9.69 Å². The molecule has 0 saturated carbocycles. The van der Waals surface area contributed by atoms with Crippen LogP contribution in [0.2, 0.25) is 0 Å². The van der Waals surface area contributed by atoms with Crippen LogP contribution in [0.1, 0.15) is 18.4 Å². The Balaban J connectivity index is 1.40. The minimum atomic E-state index is -3.59. The van der Waals surface area contributed by atoms with Gasteiger partial charge in [-0.2, -0.15) is 4.31 Å². The standard InChI is InChI=1S/C21H24FN3O3S/c22-20-5-2-1-4-17(20)16-23-12-14-24(15-13-23)29(27,28)19-9-7-18(8-10-19)25-11-3-6-21(25)26/h1-2,4-5,7-10H,3,6,11-16H2. The number of amides is 1. The molecular weight excluding hydrogens is 393 g/mol. The fourth-order valence-electron chi connectivity index (χ4n) is 3.86. The van der Waals surface area contributed by atoms with E-state index >= 15 is 0 Å². The van der Waals surface area contributed by atoms with Crippen molar-refractivity contribution in [3.8, 4) is 0 Å². The van der Waals surface area contributed by atoms with Crippen LogP contribution >= 0.6 is 0 Å². The third-order valence-electron chi connectivity index (χ3n) is 5.54. The summed E-state index contributed by atoms with van der Waals surface area (Å²) in [6, 6.07) is 13.2. The first kappa shape index (κ1) is 20.0. The monoisotopic (exact) mass is 417 g/mol. The van der Waals surface area contributed by atoms with Gasteiger partial charge in [0.2, 0.25) is 15.9 Å². The minimum Gasteiger partial charge on any atom is -0.312 e. The average molecular weight is 418 g/mol. The molecule has 2 aromatic rings. The number of anilines is 1. The molecule has 6 nitrogen and oxygen atoms in total. The summed E-state index contributed by atoms with van der Waals surface area (Å²) in [6.07, 6.45) is 1.37. The van der Waals surface area contributed by atoms with Crippen LogP contribution in [-0.4, -0.2) is 56.3 Å². The maximum atomic E-state index is 13.8. The smallest absolute Gasteiger partial charge is 0.243 e. The minimum absolute atomic E-state index is 0.0755. The summed E-state index contributed by atoms with van der Waals surface area (Å²) in [4.78, 5) is 15.8. The van der Waals surface area contributed by atoms with Gasteiger partial charge in [0.1, 0.15) is 5.82 Å². The first-order chi connectivity index (χ1) is 13.9. The van der Waals surface area contributed by atoms with Crippen LogP contribution in [0, 0.1) is 5.82 Å². The van der Waals surface area contributed by atoms with E-state index in [1.54, 1.807) is 47.4 Å². The molecule has 0 unspecified atom stereocenters. The molecule has 2 heterocycles. The van der Waals surface area contributed by atoms with Crippen molar-refractivity contribution in [1.29, 1.82) is 0 Å². The molecule has 0 spiro atoms. The average Bonchev–Trinajstić information content (AvgIpc) is 3.16. The van der Waals surface area contributed by atoms with Gasteiger partial charge in [-0.25, -0.2) is 12.8 Å². The molecule has 8 heteroatoms. The Labute approximate surface area is 170 Å². The number of rotatable bonds is 5. The second-order valence-electron chi connectivity index (χ2n) is 7.41. The van der Waals surface area contributed by atoms with Crippen molar-refractivity contribution in [3.63, 3.8) is 0 Å².